The molecule has 1 aliphatic heterocycles. The van der Waals surface area contributed by atoms with Gasteiger partial charge in [-0.05, 0) is 59.1 Å². The van der Waals surface area contributed by atoms with Crippen LogP contribution in [-0.2, 0) is 4.74 Å². The molecular weight excluding hydrogens is 531 g/mol. The fraction of sp³-hybridized carbons (Fsp3) is 0.480. The number of nitrogens with one attached hydrogen (secondary N) is 1. The highest BCUT2D eigenvalue weighted by Gasteiger charge is 2.29. The molecule has 38 heavy (non-hydrogen) atoms. The number of benzene rings is 1. The largest absolute Gasteiger partial charge is 0.444 e. The van der Waals surface area contributed by atoms with Crippen molar-refractivity contribution < 1.29 is 9.53 Å². The van der Waals surface area contributed by atoms with E-state index in [4.69, 9.17) is 44.4 Å². The fourth-order valence-corrected chi connectivity index (χ4v) is 4.96. The zero-order valence-electron chi connectivity index (χ0n) is 21.8. The Hall–Kier alpha value is -3.31. The molecule has 5 N–H and O–H groups in total. The van der Waals surface area contributed by atoms with Crippen molar-refractivity contribution in [1.29, 1.82) is 0 Å². The van der Waals surface area contributed by atoms with Gasteiger partial charge in [0.25, 0.3) is 5.56 Å². The first-order valence-electron chi connectivity index (χ1n) is 12.4. The van der Waals surface area contributed by atoms with Crippen molar-refractivity contribution in [2.24, 2.45) is 0 Å². The Morgan fingerprint density at radius 3 is 2.61 bits per heavy atom. The van der Waals surface area contributed by atoms with E-state index in [1.807, 2.05) is 27.7 Å². The molecule has 1 aliphatic rings. The van der Waals surface area contributed by atoms with E-state index in [2.05, 4.69) is 15.3 Å². The Kier molecular flexibility index (Phi) is 7.89. The highest BCUT2D eigenvalue weighted by molar-refractivity contribution is 6.35. The number of carbonyl (C=O) groups excluding carboxylic acids is 1. The van der Waals surface area contributed by atoms with Crippen LogP contribution in [0.25, 0.3) is 10.9 Å². The van der Waals surface area contributed by atoms with Crippen LogP contribution in [0.1, 0.15) is 64.9 Å². The molecule has 0 bridgehead atoms. The Labute approximate surface area is 230 Å². The molecule has 0 spiro atoms. The van der Waals surface area contributed by atoms with Crippen LogP contribution in [0.15, 0.2) is 23.0 Å². The van der Waals surface area contributed by atoms with Gasteiger partial charge in [0.1, 0.15) is 22.3 Å². The monoisotopic (exact) mass is 562 g/mol. The van der Waals surface area contributed by atoms with E-state index in [0.29, 0.717) is 54.1 Å². The molecule has 3 heterocycles. The number of halogens is 2. The molecule has 0 radical (unpaired) electrons. The molecule has 204 valence electrons. The summed E-state index contributed by atoms with van der Waals surface area (Å²) in [6.07, 6.45) is 1.51. The number of rotatable bonds is 4. The molecule has 1 fully saturated rings. The minimum atomic E-state index is -0.595. The van der Waals surface area contributed by atoms with Gasteiger partial charge in [-0.3, -0.25) is 9.36 Å². The van der Waals surface area contributed by atoms with E-state index in [9.17, 15) is 9.59 Å². The van der Waals surface area contributed by atoms with Crippen LogP contribution in [-0.4, -0.2) is 49.2 Å². The fourth-order valence-electron chi connectivity index (χ4n) is 4.57. The number of fused-ring (bicyclic) bond motifs is 1. The van der Waals surface area contributed by atoms with Crippen LogP contribution in [0.2, 0.25) is 10.0 Å². The van der Waals surface area contributed by atoms with Crippen molar-refractivity contribution in [3.63, 3.8) is 0 Å². The number of nitrogen functional groups attached to an aromatic ring is 2. The summed E-state index contributed by atoms with van der Waals surface area (Å²) in [4.78, 5) is 41.2. The number of hydrogen-bond donors (Lipinski definition) is 3. The second-order valence-electron chi connectivity index (χ2n) is 10.3. The molecule has 4 rings (SSSR count). The number of aromatic nitrogens is 4. The molecule has 1 amide bonds. The van der Waals surface area contributed by atoms with Crippen molar-refractivity contribution in [2.75, 3.05) is 29.9 Å². The first-order chi connectivity index (χ1) is 17.9. The van der Waals surface area contributed by atoms with Gasteiger partial charge in [-0.1, -0.05) is 29.3 Å². The summed E-state index contributed by atoms with van der Waals surface area (Å²) >= 11 is 12.8. The average Bonchev–Trinajstić information content (AvgIpc) is 3.07. The van der Waals surface area contributed by atoms with Crippen LogP contribution in [0.4, 0.5) is 22.4 Å². The summed E-state index contributed by atoms with van der Waals surface area (Å²) in [5.74, 6) is 0.694. The molecule has 1 saturated heterocycles. The molecule has 1 aromatic carbocycles. The molecule has 2 aromatic heterocycles. The third kappa shape index (κ3) is 5.88. The molecule has 11 nitrogen and oxygen atoms in total. The minimum absolute atomic E-state index is 0.0375. The standard InChI is InChI=1S/C25H32Cl2N8O3/c1-13(30-20-18(27)19(28)32-23(29)33-20)21-31-16-9-5-8-15(26)17(16)22(36)35(21)14-7-6-11-34(12-10-14)24(37)38-25(2,3)4/h5,8-9,13-14H,6-7,10-12H2,1-4H3,(H5,28,29,30,32,33)/t13-,14?/m0/s1. The van der Waals surface area contributed by atoms with Crippen molar-refractivity contribution in [3.05, 3.63) is 44.4 Å². The van der Waals surface area contributed by atoms with Crippen LogP contribution in [0.3, 0.4) is 0 Å². The van der Waals surface area contributed by atoms with E-state index < -0.39 is 11.6 Å². The Morgan fingerprint density at radius 2 is 1.89 bits per heavy atom. The van der Waals surface area contributed by atoms with Crippen molar-refractivity contribution in [2.45, 2.75) is 64.6 Å². The number of nitrogens with two attached hydrogens (primary N) is 2. The summed E-state index contributed by atoms with van der Waals surface area (Å²) in [7, 11) is 0. The summed E-state index contributed by atoms with van der Waals surface area (Å²) in [6.45, 7) is 8.30. The van der Waals surface area contributed by atoms with Gasteiger partial charge in [0.05, 0.1) is 22.0 Å². The van der Waals surface area contributed by atoms with E-state index in [0.717, 1.165) is 0 Å². The molecule has 2 atom stereocenters. The van der Waals surface area contributed by atoms with Crippen LogP contribution < -0.4 is 22.3 Å². The molecule has 3 aromatic rings. The molecule has 0 saturated carbocycles. The highest BCUT2D eigenvalue weighted by atomic mass is 35.5. The molecule has 0 aliphatic carbocycles. The Morgan fingerprint density at radius 1 is 1.16 bits per heavy atom. The first-order valence-corrected chi connectivity index (χ1v) is 13.1. The molecule has 13 heteroatoms. The molecular formula is C25H32Cl2N8O3. The van der Waals surface area contributed by atoms with Crippen LogP contribution >= 0.6 is 23.2 Å². The normalized spacial score (nSPS) is 17.2. The Balaban J connectivity index is 1.74. The predicted octanol–water partition coefficient (Wildman–Crippen LogP) is 4.79. The van der Waals surface area contributed by atoms with Gasteiger partial charge >= 0.3 is 6.09 Å². The first kappa shape index (κ1) is 27.7. The number of anilines is 3. The number of carbonyl (C=O) groups is 1. The quantitative estimate of drug-likeness (QED) is 0.406. The number of ether oxygens (including phenoxy) is 1. The van der Waals surface area contributed by atoms with Gasteiger partial charge in [0, 0.05) is 19.1 Å². The zero-order chi connectivity index (χ0) is 27.8. The minimum Gasteiger partial charge on any atom is -0.444 e. The van der Waals surface area contributed by atoms with E-state index >= 15 is 0 Å². The van der Waals surface area contributed by atoms with Crippen LogP contribution in [0, 0.1) is 0 Å². The number of amides is 1. The number of nitrogens with zero attached hydrogens (tertiary/aromatic N) is 5. The topological polar surface area (TPSA) is 154 Å². The summed E-state index contributed by atoms with van der Waals surface area (Å²) in [6, 6.07) is 4.40. The van der Waals surface area contributed by atoms with Crippen molar-refractivity contribution >= 4 is 57.8 Å². The zero-order valence-corrected chi connectivity index (χ0v) is 23.3. The highest BCUT2D eigenvalue weighted by Crippen LogP contribution is 2.32. The van der Waals surface area contributed by atoms with E-state index in [-0.39, 0.29) is 40.3 Å². The van der Waals surface area contributed by atoms with Gasteiger partial charge < -0.3 is 26.4 Å². The summed E-state index contributed by atoms with van der Waals surface area (Å²) in [5.41, 5.74) is 11.2. The van der Waals surface area contributed by atoms with E-state index in [1.54, 1.807) is 27.7 Å². The van der Waals surface area contributed by atoms with Gasteiger partial charge in [-0.2, -0.15) is 9.97 Å². The summed E-state index contributed by atoms with van der Waals surface area (Å²) < 4.78 is 7.24. The van der Waals surface area contributed by atoms with Gasteiger partial charge in [-0.25, -0.2) is 9.78 Å². The third-order valence-corrected chi connectivity index (χ3v) is 6.94. The predicted molar refractivity (Wildman–Crippen MR) is 150 cm³/mol. The lowest BCUT2D eigenvalue weighted by Crippen LogP contribution is -2.37. The maximum atomic E-state index is 13.9. The van der Waals surface area contributed by atoms with Crippen molar-refractivity contribution in [3.8, 4) is 0 Å². The smallest absolute Gasteiger partial charge is 0.410 e. The molecule has 1 unspecified atom stereocenters. The van der Waals surface area contributed by atoms with Gasteiger partial charge in [0.2, 0.25) is 5.95 Å². The maximum Gasteiger partial charge on any atom is 0.410 e. The lowest BCUT2D eigenvalue weighted by atomic mass is 10.1. The second-order valence-corrected chi connectivity index (χ2v) is 11.1. The average molecular weight is 563 g/mol. The Bertz CT molecular complexity index is 1420. The second kappa shape index (κ2) is 10.8. The maximum absolute atomic E-state index is 13.9. The lowest BCUT2D eigenvalue weighted by molar-refractivity contribution is 0.0255. The third-order valence-electron chi connectivity index (χ3n) is 6.26. The van der Waals surface area contributed by atoms with Crippen LogP contribution in [0.5, 0.6) is 0 Å². The van der Waals surface area contributed by atoms with Gasteiger partial charge in [0.15, 0.2) is 5.82 Å². The lowest BCUT2D eigenvalue weighted by Gasteiger charge is -2.27. The van der Waals surface area contributed by atoms with E-state index in [1.165, 1.54) is 0 Å². The van der Waals surface area contributed by atoms with Gasteiger partial charge in [-0.15, -0.1) is 0 Å². The SMILES string of the molecule is C[C@H](Nc1nc(N)nc(N)c1Cl)c1nc2cccc(Cl)c2c(=O)n1C1CCCN(C(=O)OC(C)(C)C)CC1. The van der Waals surface area contributed by atoms with Crippen molar-refractivity contribution in [1.82, 2.24) is 24.4 Å². The summed E-state index contributed by atoms with van der Waals surface area (Å²) in [5, 5.41) is 3.96. The number of hydrogen-bond acceptors (Lipinski definition) is 9. The number of likely N-dealkylation sites (tertiary alicyclic amines) is 1.